The van der Waals surface area contributed by atoms with Crippen LogP contribution in [0.1, 0.15) is 84.0 Å². The summed E-state index contributed by atoms with van der Waals surface area (Å²) in [5.74, 6) is -1.03. The molecule has 0 aromatic carbocycles. The van der Waals surface area contributed by atoms with Crippen LogP contribution in [-0.2, 0) is 9.59 Å². The zero-order chi connectivity index (χ0) is 21.8. The number of unbranched alkanes of at least 4 members (excludes halogenated alkanes) is 5. The smallest absolute Gasteiger partial charge is 0.152 e. The van der Waals surface area contributed by atoms with Gasteiger partial charge in [0.1, 0.15) is 17.5 Å². The zero-order valence-corrected chi connectivity index (χ0v) is 18.3. The standard InChI is InChI=1S/C25H38O5/c1-2-3-4-5-6-7-11-21(27)16-20-12-14-24-13-9-8-10-18(22(24)28)15-19(17-26)23(29)25(20,24)30/h12,14-15,18,20,23,26,29-30H,2-11,13,16-17H2,1H3. The van der Waals surface area contributed by atoms with Gasteiger partial charge in [0.25, 0.3) is 0 Å². The second-order valence-electron chi connectivity index (χ2n) is 9.54. The van der Waals surface area contributed by atoms with Crippen molar-refractivity contribution in [3.05, 3.63) is 23.8 Å². The van der Waals surface area contributed by atoms with Crippen molar-refractivity contribution in [3.63, 3.8) is 0 Å². The van der Waals surface area contributed by atoms with Gasteiger partial charge in [-0.3, -0.25) is 9.59 Å². The van der Waals surface area contributed by atoms with Gasteiger partial charge in [-0.2, -0.15) is 0 Å². The molecule has 0 amide bonds. The van der Waals surface area contributed by atoms with Crippen LogP contribution in [0.5, 0.6) is 0 Å². The molecule has 2 bridgehead atoms. The van der Waals surface area contributed by atoms with Gasteiger partial charge in [-0.25, -0.2) is 0 Å². The molecule has 0 aromatic heterocycles. The van der Waals surface area contributed by atoms with Crippen molar-refractivity contribution in [1.82, 2.24) is 0 Å². The lowest BCUT2D eigenvalue weighted by Crippen LogP contribution is -2.60. The third kappa shape index (κ3) is 4.09. The molecule has 3 rings (SSSR count). The van der Waals surface area contributed by atoms with Gasteiger partial charge < -0.3 is 15.3 Å². The number of Topliss-reactive ketones (excluding diaryl/α,β-unsaturated/α-hetero) is 2. The van der Waals surface area contributed by atoms with Gasteiger partial charge in [0.15, 0.2) is 5.78 Å². The highest BCUT2D eigenvalue weighted by Crippen LogP contribution is 2.57. The van der Waals surface area contributed by atoms with E-state index in [0.717, 1.165) is 32.1 Å². The monoisotopic (exact) mass is 418 g/mol. The maximum Gasteiger partial charge on any atom is 0.152 e. The summed E-state index contributed by atoms with van der Waals surface area (Å²) in [6.07, 6.45) is 13.9. The van der Waals surface area contributed by atoms with E-state index in [4.69, 9.17) is 0 Å². The van der Waals surface area contributed by atoms with Crippen LogP contribution in [0.25, 0.3) is 0 Å². The number of fused-ring (bicyclic) bond motifs is 1. The lowest BCUT2D eigenvalue weighted by molar-refractivity contribution is -0.168. The Kier molecular flexibility index (Phi) is 7.70. The highest BCUT2D eigenvalue weighted by molar-refractivity contribution is 5.94. The average molecular weight is 419 g/mol. The fraction of sp³-hybridized carbons (Fsp3) is 0.760. The second-order valence-corrected chi connectivity index (χ2v) is 9.54. The summed E-state index contributed by atoms with van der Waals surface area (Å²) in [7, 11) is 0. The summed E-state index contributed by atoms with van der Waals surface area (Å²) in [4.78, 5) is 26.2. The van der Waals surface area contributed by atoms with Crippen molar-refractivity contribution >= 4 is 11.6 Å². The number of carbonyl (C=O) groups excluding carboxylic acids is 2. The fourth-order valence-corrected chi connectivity index (χ4v) is 5.86. The number of allylic oxidation sites excluding steroid dienone is 1. The first kappa shape index (κ1) is 23.4. The third-order valence-corrected chi connectivity index (χ3v) is 7.63. The highest BCUT2D eigenvalue weighted by Gasteiger charge is 2.66. The van der Waals surface area contributed by atoms with E-state index in [0.29, 0.717) is 24.8 Å². The van der Waals surface area contributed by atoms with E-state index < -0.39 is 35.6 Å². The van der Waals surface area contributed by atoms with Crippen molar-refractivity contribution in [2.24, 2.45) is 17.3 Å². The Morgan fingerprint density at radius 3 is 2.63 bits per heavy atom. The van der Waals surface area contributed by atoms with E-state index in [1.807, 2.05) is 0 Å². The molecule has 5 atom stereocenters. The van der Waals surface area contributed by atoms with Crippen molar-refractivity contribution < 1.29 is 24.9 Å². The summed E-state index contributed by atoms with van der Waals surface area (Å²) in [6.45, 7) is 1.78. The molecule has 0 aliphatic heterocycles. The largest absolute Gasteiger partial charge is 0.392 e. The summed E-state index contributed by atoms with van der Waals surface area (Å²) >= 11 is 0. The molecule has 5 heteroatoms. The Hall–Kier alpha value is -1.30. The van der Waals surface area contributed by atoms with E-state index >= 15 is 0 Å². The number of hydrogen-bond donors (Lipinski definition) is 3. The normalized spacial score (nSPS) is 35.5. The molecule has 1 fully saturated rings. The molecule has 5 nitrogen and oxygen atoms in total. The number of ketones is 2. The molecule has 5 unspecified atom stereocenters. The number of rotatable bonds is 10. The lowest BCUT2D eigenvalue weighted by Gasteiger charge is -2.46. The van der Waals surface area contributed by atoms with Gasteiger partial charge in [0.2, 0.25) is 0 Å². The van der Waals surface area contributed by atoms with Crippen LogP contribution in [0.2, 0.25) is 0 Å². The molecule has 1 saturated carbocycles. The predicted molar refractivity (Wildman–Crippen MR) is 116 cm³/mol. The zero-order valence-electron chi connectivity index (χ0n) is 18.3. The first-order valence-electron chi connectivity index (χ1n) is 11.9. The number of aliphatic hydroxyl groups is 3. The van der Waals surface area contributed by atoms with E-state index in [9.17, 15) is 24.9 Å². The van der Waals surface area contributed by atoms with Crippen LogP contribution in [0.15, 0.2) is 23.8 Å². The van der Waals surface area contributed by atoms with Gasteiger partial charge in [0.05, 0.1) is 12.0 Å². The van der Waals surface area contributed by atoms with Crippen LogP contribution in [0, 0.1) is 17.3 Å². The Balaban J connectivity index is 1.75. The lowest BCUT2D eigenvalue weighted by atomic mass is 9.61. The van der Waals surface area contributed by atoms with Crippen LogP contribution in [-0.4, -0.2) is 45.2 Å². The minimum absolute atomic E-state index is 0.0641. The first-order valence-corrected chi connectivity index (χ1v) is 11.9. The number of carbonyl (C=O) groups is 2. The maximum atomic E-state index is 13.5. The van der Waals surface area contributed by atoms with E-state index in [-0.39, 0.29) is 18.0 Å². The highest BCUT2D eigenvalue weighted by atomic mass is 16.3. The average Bonchev–Trinajstić information content (AvgIpc) is 2.88. The quantitative estimate of drug-likeness (QED) is 0.372. The Morgan fingerprint density at radius 1 is 1.17 bits per heavy atom. The number of aliphatic hydroxyl groups excluding tert-OH is 2. The van der Waals surface area contributed by atoms with Crippen LogP contribution in [0.3, 0.4) is 0 Å². The molecule has 0 radical (unpaired) electrons. The summed E-state index contributed by atoms with van der Waals surface area (Å²) in [6, 6.07) is 0. The van der Waals surface area contributed by atoms with Crippen LogP contribution in [0.4, 0.5) is 0 Å². The maximum absolute atomic E-state index is 13.5. The molecule has 30 heavy (non-hydrogen) atoms. The number of hydrogen-bond acceptors (Lipinski definition) is 5. The third-order valence-electron chi connectivity index (χ3n) is 7.63. The summed E-state index contributed by atoms with van der Waals surface area (Å²) in [5, 5.41) is 32.9. The topological polar surface area (TPSA) is 94.8 Å². The molecule has 0 heterocycles. The summed E-state index contributed by atoms with van der Waals surface area (Å²) < 4.78 is 0. The van der Waals surface area contributed by atoms with Crippen LogP contribution < -0.4 is 0 Å². The molecule has 3 aliphatic carbocycles. The molecule has 168 valence electrons. The second kappa shape index (κ2) is 9.88. The van der Waals surface area contributed by atoms with Crippen LogP contribution >= 0.6 is 0 Å². The molecule has 3 N–H and O–H groups in total. The molecule has 0 saturated heterocycles. The minimum atomic E-state index is -1.77. The van der Waals surface area contributed by atoms with E-state index in [1.165, 1.54) is 19.3 Å². The minimum Gasteiger partial charge on any atom is -0.392 e. The molecule has 0 aromatic rings. The van der Waals surface area contributed by atoms with Crippen molar-refractivity contribution in [3.8, 4) is 0 Å². The van der Waals surface area contributed by atoms with Gasteiger partial charge >= 0.3 is 0 Å². The van der Waals surface area contributed by atoms with Crippen molar-refractivity contribution in [2.45, 2.75) is 95.7 Å². The van der Waals surface area contributed by atoms with Gasteiger partial charge in [-0.05, 0) is 24.8 Å². The predicted octanol–water partition coefficient (Wildman–Crippen LogP) is 3.65. The fourth-order valence-electron chi connectivity index (χ4n) is 5.86. The Labute approximate surface area is 180 Å². The van der Waals surface area contributed by atoms with E-state index in [1.54, 1.807) is 18.2 Å². The molecular formula is C25H38O5. The van der Waals surface area contributed by atoms with Gasteiger partial charge in [0, 0.05) is 24.7 Å². The van der Waals surface area contributed by atoms with Gasteiger partial charge in [-0.15, -0.1) is 0 Å². The van der Waals surface area contributed by atoms with E-state index in [2.05, 4.69) is 6.92 Å². The SMILES string of the molecule is CCCCCCCCC(=O)CC1C=CC23CCCCC(C=C(CO)C(O)C12O)C3=O. The first-order chi connectivity index (χ1) is 14.4. The summed E-state index contributed by atoms with van der Waals surface area (Å²) in [5.41, 5.74) is -2.64. The Bertz CT molecular complexity index is 696. The van der Waals surface area contributed by atoms with Crippen molar-refractivity contribution in [2.75, 3.05) is 6.61 Å². The van der Waals surface area contributed by atoms with Gasteiger partial charge in [-0.1, -0.05) is 70.1 Å². The molecule has 3 aliphatic rings. The molecule has 1 spiro atoms. The molecular weight excluding hydrogens is 380 g/mol. The van der Waals surface area contributed by atoms with Crippen molar-refractivity contribution in [1.29, 1.82) is 0 Å². The Morgan fingerprint density at radius 2 is 1.90 bits per heavy atom.